The Kier molecular flexibility index (Phi) is 5.82. The fraction of sp³-hybridized carbons (Fsp3) is 0.273. The number of benzene rings is 4. The fourth-order valence-electron chi connectivity index (χ4n) is 4.54. The lowest BCUT2D eigenvalue weighted by molar-refractivity contribution is 0.479. The van der Waals surface area contributed by atoms with Gasteiger partial charge in [-0.3, -0.25) is 0 Å². The minimum atomic E-state index is -3.01. The summed E-state index contributed by atoms with van der Waals surface area (Å²) in [6, 6.07) is 9.80. The lowest BCUT2D eigenvalue weighted by Gasteiger charge is -2.29. The first-order valence-electron chi connectivity index (χ1n) is 10.5. The van der Waals surface area contributed by atoms with Crippen LogP contribution in [0.25, 0.3) is 32.3 Å². The van der Waals surface area contributed by atoms with Gasteiger partial charge in [-0.2, -0.15) is 36.9 Å². The van der Waals surface area contributed by atoms with Crippen LogP contribution in [0.4, 0.5) is 17.1 Å². The monoisotopic (exact) mass is 542 g/mol. The summed E-state index contributed by atoms with van der Waals surface area (Å²) in [6.45, 7) is 0. The van der Waals surface area contributed by atoms with Gasteiger partial charge in [0, 0.05) is 38.4 Å². The van der Waals surface area contributed by atoms with E-state index in [1.165, 1.54) is 48.4 Å². The van der Waals surface area contributed by atoms with E-state index in [1.54, 1.807) is 30.3 Å². The maximum Gasteiger partial charge on any atom is 0.291 e. The molecule has 0 heterocycles. The number of phenols is 1. The van der Waals surface area contributed by atoms with Crippen LogP contribution in [-0.4, -0.2) is 72.6 Å². The number of nitrogens with zero attached hydrogens (tertiary/aromatic N) is 3. The Labute approximate surface area is 208 Å². The topological polar surface area (TPSA) is 123 Å². The van der Waals surface area contributed by atoms with E-state index in [1.807, 2.05) is 0 Å². The van der Waals surface area contributed by atoms with Crippen molar-refractivity contribution in [3.63, 3.8) is 0 Å². The van der Waals surface area contributed by atoms with E-state index in [2.05, 4.69) is 0 Å². The molecule has 0 aliphatic rings. The van der Waals surface area contributed by atoms with Crippen LogP contribution in [0.1, 0.15) is 0 Å². The van der Waals surface area contributed by atoms with Gasteiger partial charge in [0.25, 0.3) is 32.7 Å². The van der Waals surface area contributed by atoms with Gasteiger partial charge in [0.2, 0.25) is 0 Å². The van der Waals surface area contributed by atoms with Crippen LogP contribution in [0.15, 0.2) is 36.4 Å². The van der Waals surface area contributed by atoms with Crippen LogP contribution in [0.2, 0.25) is 0 Å². The van der Waals surface area contributed by atoms with Crippen molar-refractivity contribution in [2.75, 3.05) is 42.3 Å². The molecule has 0 saturated carbocycles. The molecule has 4 aromatic carbocycles. The molecule has 188 valence electrons. The number of phenolic OH excluding ortho intramolecular Hbond substituents is 1. The zero-order valence-corrected chi connectivity index (χ0v) is 22.7. The quantitative estimate of drug-likeness (QED) is 0.166. The van der Waals surface area contributed by atoms with Gasteiger partial charge >= 0.3 is 0 Å². The van der Waals surface area contributed by atoms with Gasteiger partial charge in [-0.05, 0) is 24.3 Å². The smallest absolute Gasteiger partial charge is 0.291 e. The molecule has 0 unspecified atom stereocenters. The molecule has 0 bridgehead atoms. The molecule has 0 aromatic heterocycles. The van der Waals surface area contributed by atoms with Gasteiger partial charge in [0.15, 0.2) is 17.1 Å². The molecule has 0 radical (unpaired) electrons. The second kappa shape index (κ2) is 7.98. The molecule has 35 heavy (non-hydrogen) atoms. The zero-order valence-electron chi connectivity index (χ0n) is 20.0. The molecule has 0 aliphatic carbocycles. The molecule has 4 aromatic rings. The molecule has 1 N–H and O–H groups in total. The summed E-state index contributed by atoms with van der Waals surface area (Å²) in [5.41, 5.74) is 1.05. The molecule has 0 aliphatic heterocycles. The largest absolute Gasteiger partial charge is 0.507 e. The average Bonchev–Trinajstić information content (AvgIpc) is 2.77. The first-order valence-corrected chi connectivity index (χ1v) is 13.9. The van der Waals surface area contributed by atoms with Crippen molar-refractivity contribution in [1.29, 1.82) is 0 Å². The van der Waals surface area contributed by atoms with Crippen LogP contribution in [0.5, 0.6) is 5.75 Å². The van der Waals surface area contributed by atoms with Gasteiger partial charge in [0.1, 0.15) is 5.75 Å². The van der Waals surface area contributed by atoms with Crippen LogP contribution in [-0.2, 0) is 32.7 Å². The molecule has 10 nitrogen and oxygen atoms in total. The molecule has 0 spiro atoms. The van der Waals surface area contributed by atoms with E-state index in [4.69, 9.17) is 0 Å². The Morgan fingerprint density at radius 3 is 1.14 bits per heavy atom. The van der Waals surface area contributed by atoms with Crippen LogP contribution in [0.3, 0.4) is 0 Å². The Bertz CT molecular complexity index is 1690. The van der Waals surface area contributed by atoms with Crippen molar-refractivity contribution >= 4 is 82.1 Å². The summed E-state index contributed by atoms with van der Waals surface area (Å²) >= 11 is 0. The Balaban J connectivity index is 2.39. The third-order valence-corrected chi connectivity index (χ3v) is 9.90. The second-order valence-electron chi connectivity index (χ2n) is 9.80. The highest BCUT2D eigenvalue weighted by atomic mass is 32.2. The Morgan fingerprint density at radius 1 is 0.514 bits per heavy atom. The van der Waals surface area contributed by atoms with Crippen LogP contribution >= 0.6 is 0 Å². The van der Waals surface area contributed by atoms with Gasteiger partial charge < -0.3 is 5.11 Å². The number of rotatable bonds is 6. The summed E-state index contributed by atoms with van der Waals surface area (Å²) < 4.78 is 71.6. The average molecular weight is 543 g/mol. The summed E-state index contributed by atoms with van der Waals surface area (Å²) in [4.78, 5) is 0. The highest BCUT2D eigenvalue weighted by Crippen LogP contribution is 2.49. The standard InChI is InChI=1S/C22H27N3O7S3/c1-23(2,33(27)28)17-11-18(24(3,4)34(29)30)14-9-10-16-20(26)12-19(25(5,6)35(31)32)15-8-7-13(17)21(14)22(15)16/h7-12,33-35H,1-6H3/q+2/p+1. The highest BCUT2D eigenvalue weighted by Gasteiger charge is 2.35. The summed E-state index contributed by atoms with van der Waals surface area (Å²) in [5, 5.41) is 14.1. The van der Waals surface area contributed by atoms with Crippen molar-refractivity contribution in [2.24, 2.45) is 0 Å². The molecule has 0 amide bonds. The lowest BCUT2D eigenvalue weighted by atomic mass is 9.90. The predicted molar refractivity (Wildman–Crippen MR) is 144 cm³/mol. The minimum absolute atomic E-state index is 0.135. The number of hydrogen-bond acceptors (Lipinski definition) is 7. The van der Waals surface area contributed by atoms with E-state index < -0.39 is 44.3 Å². The maximum atomic E-state index is 12.3. The third-order valence-electron chi connectivity index (χ3n) is 6.80. The van der Waals surface area contributed by atoms with Gasteiger partial charge in [-0.15, -0.1) is 0 Å². The number of aromatic hydroxyl groups is 1. The van der Waals surface area contributed by atoms with E-state index >= 15 is 0 Å². The maximum absolute atomic E-state index is 12.3. The van der Waals surface area contributed by atoms with E-state index in [0.29, 0.717) is 49.4 Å². The van der Waals surface area contributed by atoms with Crippen molar-refractivity contribution in [2.45, 2.75) is 0 Å². The van der Waals surface area contributed by atoms with Gasteiger partial charge in [-0.25, -0.2) is 0 Å². The first kappa shape index (κ1) is 25.5. The summed E-state index contributed by atoms with van der Waals surface area (Å²) in [5.74, 6) is -0.135. The SMILES string of the molecule is C[N+](C)(c1cc(O)c2ccc3c([N+](C)(C)[SH](=O)=O)cc([N+](C)(C)[SH](=O)=O)c4ccc1c2c34)[SH](=O)=O. The molecule has 0 fully saturated rings. The fourth-order valence-corrected chi connectivity index (χ4v) is 5.57. The summed E-state index contributed by atoms with van der Waals surface area (Å²) in [6.07, 6.45) is 0. The molecular weight excluding hydrogens is 514 g/mol. The zero-order chi connectivity index (χ0) is 26.2. The molecule has 0 saturated heterocycles. The van der Waals surface area contributed by atoms with Crippen molar-refractivity contribution in [3.05, 3.63) is 36.4 Å². The molecule has 13 heteroatoms. The van der Waals surface area contributed by atoms with Crippen molar-refractivity contribution in [3.8, 4) is 5.75 Å². The highest BCUT2D eigenvalue weighted by molar-refractivity contribution is 7.72. The number of quaternary nitrogens is 3. The van der Waals surface area contributed by atoms with Crippen molar-refractivity contribution < 1.29 is 30.4 Å². The lowest BCUT2D eigenvalue weighted by Crippen LogP contribution is -2.41. The first-order chi connectivity index (χ1) is 16.0. The molecule has 0 atom stereocenters. The van der Waals surface area contributed by atoms with Crippen LogP contribution < -0.4 is 11.7 Å². The van der Waals surface area contributed by atoms with E-state index in [9.17, 15) is 30.4 Å². The Morgan fingerprint density at radius 2 is 0.800 bits per heavy atom. The van der Waals surface area contributed by atoms with E-state index in [-0.39, 0.29) is 5.75 Å². The second-order valence-corrected chi connectivity index (χ2v) is 14.2. The predicted octanol–water partition coefficient (Wildman–Crippen LogP) is 1.57. The van der Waals surface area contributed by atoms with Crippen molar-refractivity contribution in [1.82, 2.24) is 11.7 Å². The number of hydrogen-bond donors (Lipinski definition) is 4. The minimum Gasteiger partial charge on any atom is -0.507 e. The van der Waals surface area contributed by atoms with Crippen LogP contribution in [0, 0.1) is 0 Å². The van der Waals surface area contributed by atoms with E-state index in [0.717, 1.165) is 0 Å². The Hall–Kier alpha value is -2.55. The normalized spacial score (nSPS) is 13.9. The van der Waals surface area contributed by atoms with Gasteiger partial charge in [-0.1, -0.05) is 0 Å². The molecular formula is C22H28N3O7S3+3. The third kappa shape index (κ3) is 3.57. The molecule has 4 rings (SSSR count). The number of thiol groups is 3. The van der Waals surface area contributed by atoms with Gasteiger partial charge in [0.05, 0.1) is 48.4 Å². The summed E-state index contributed by atoms with van der Waals surface area (Å²) in [7, 11) is -0.0640.